The van der Waals surface area contributed by atoms with Crippen LogP contribution in [0.1, 0.15) is 15.9 Å². The number of fused-ring (bicyclic) bond motifs is 1. The summed E-state index contributed by atoms with van der Waals surface area (Å²) < 4.78 is 26.6. The third-order valence-electron chi connectivity index (χ3n) is 4.83. The first-order valence-corrected chi connectivity index (χ1v) is 11.8. The Kier molecular flexibility index (Phi) is 5.62. The van der Waals surface area contributed by atoms with E-state index in [1.807, 2.05) is 36.4 Å². The number of amides is 1. The van der Waals surface area contributed by atoms with Gasteiger partial charge >= 0.3 is 0 Å². The Morgan fingerprint density at radius 3 is 2.29 bits per heavy atom. The van der Waals surface area contributed by atoms with Gasteiger partial charge in [-0.1, -0.05) is 6.07 Å². The molecule has 0 aliphatic rings. The van der Waals surface area contributed by atoms with Gasteiger partial charge in [0, 0.05) is 30.9 Å². The molecule has 0 unspecified atom stereocenters. The molecule has 31 heavy (non-hydrogen) atoms. The highest BCUT2D eigenvalue weighted by molar-refractivity contribution is 7.89. The predicted molar refractivity (Wildman–Crippen MR) is 125 cm³/mol. The van der Waals surface area contributed by atoms with E-state index in [0.717, 1.165) is 25.1 Å². The Balaban J connectivity index is 1.49. The lowest BCUT2D eigenvalue weighted by atomic mass is 10.2. The highest BCUT2D eigenvalue weighted by Crippen LogP contribution is 2.31. The number of aromatic nitrogens is 1. The summed E-state index contributed by atoms with van der Waals surface area (Å²) >= 11 is 1.64. The third kappa shape index (κ3) is 4.36. The minimum Gasteiger partial charge on any atom is -0.322 e. The average Bonchev–Trinajstić information content (AvgIpc) is 3.17. The Morgan fingerprint density at radius 2 is 1.65 bits per heavy atom. The van der Waals surface area contributed by atoms with Crippen molar-refractivity contribution in [3.05, 3.63) is 77.9 Å². The first-order valence-electron chi connectivity index (χ1n) is 9.55. The zero-order valence-electron chi connectivity index (χ0n) is 17.3. The molecule has 0 radical (unpaired) electrons. The molecule has 158 valence electrons. The van der Waals surface area contributed by atoms with Crippen LogP contribution in [-0.4, -0.2) is 37.7 Å². The summed E-state index contributed by atoms with van der Waals surface area (Å²) in [6, 6.07) is 19.6. The zero-order chi connectivity index (χ0) is 22.2. The number of aryl methyl sites for hydroxylation is 1. The second-order valence-electron chi connectivity index (χ2n) is 7.33. The van der Waals surface area contributed by atoms with Crippen LogP contribution < -0.4 is 5.32 Å². The second-order valence-corrected chi connectivity index (χ2v) is 10.5. The van der Waals surface area contributed by atoms with Gasteiger partial charge in [-0.3, -0.25) is 4.79 Å². The number of nitrogens with one attached hydrogen (secondary N) is 1. The van der Waals surface area contributed by atoms with E-state index < -0.39 is 10.0 Å². The van der Waals surface area contributed by atoms with Crippen molar-refractivity contribution in [1.82, 2.24) is 9.29 Å². The summed E-state index contributed by atoms with van der Waals surface area (Å²) in [5, 5.41) is 3.76. The van der Waals surface area contributed by atoms with Gasteiger partial charge in [-0.05, 0) is 73.2 Å². The van der Waals surface area contributed by atoms with E-state index in [9.17, 15) is 13.2 Å². The number of nitrogens with zero attached hydrogens (tertiary/aromatic N) is 2. The fourth-order valence-electron chi connectivity index (χ4n) is 3.04. The molecule has 1 aromatic heterocycles. The molecule has 0 atom stereocenters. The predicted octanol–water partition coefficient (Wildman–Crippen LogP) is 4.77. The minimum atomic E-state index is -3.53. The van der Waals surface area contributed by atoms with Crippen molar-refractivity contribution >= 4 is 43.2 Å². The maximum Gasteiger partial charge on any atom is 0.255 e. The molecule has 0 bridgehead atoms. The van der Waals surface area contributed by atoms with E-state index >= 15 is 0 Å². The van der Waals surface area contributed by atoms with Gasteiger partial charge in [0.2, 0.25) is 10.0 Å². The fourth-order valence-corrected chi connectivity index (χ4v) is 5.01. The standard InChI is InChI=1S/C23H21N3O3S2/c1-15-4-13-20-21(14-15)30-23(25-20)17-5-9-18(10-6-17)24-22(27)16-7-11-19(12-8-16)31(28,29)26(2)3/h4-14H,1-3H3,(H,24,27). The van der Waals surface area contributed by atoms with Crippen LogP contribution in [0.25, 0.3) is 20.8 Å². The molecule has 4 rings (SSSR count). The van der Waals surface area contributed by atoms with Crippen molar-refractivity contribution in [2.24, 2.45) is 0 Å². The monoisotopic (exact) mass is 451 g/mol. The van der Waals surface area contributed by atoms with E-state index in [2.05, 4.69) is 23.3 Å². The fraction of sp³-hybridized carbons (Fsp3) is 0.130. The second kappa shape index (κ2) is 8.22. The first kappa shape index (κ1) is 21.2. The Morgan fingerprint density at radius 1 is 0.968 bits per heavy atom. The molecular weight excluding hydrogens is 430 g/mol. The van der Waals surface area contributed by atoms with E-state index in [1.165, 1.54) is 43.9 Å². The number of carbonyl (C=O) groups is 1. The molecule has 0 saturated carbocycles. The maximum absolute atomic E-state index is 12.5. The van der Waals surface area contributed by atoms with Gasteiger partial charge in [0.15, 0.2) is 0 Å². The summed E-state index contributed by atoms with van der Waals surface area (Å²) in [5.74, 6) is -0.308. The molecule has 1 heterocycles. The Bertz CT molecular complexity index is 1360. The minimum absolute atomic E-state index is 0.143. The molecule has 1 N–H and O–H groups in total. The van der Waals surface area contributed by atoms with Crippen molar-refractivity contribution in [3.8, 4) is 10.6 Å². The average molecular weight is 452 g/mol. The van der Waals surface area contributed by atoms with Gasteiger partial charge in [-0.25, -0.2) is 17.7 Å². The molecule has 0 aliphatic carbocycles. The van der Waals surface area contributed by atoms with Crippen molar-refractivity contribution in [3.63, 3.8) is 0 Å². The molecule has 0 aliphatic heterocycles. The van der Waals surface area contributed by atoms with Gasteiger partial charge in [0.05, 0.1) is 15.1 Å². The number of sulfonamides is 1. The van der Waals surface area contributed by atoms with Crippen LogP contribution in [0, 0.1) is 6.92 Å². The first-order chi connectivity index (χ1) is 14.7. The van der Waals surface area contributed by atoms with Gasteiger partial charge in [-0.15, -0.1) is 11.3 Å². The third-order valence-corrected chi connectivity index (χ3v) is 7.73. The molecule has 0 spiro atoms. The highest BCUT2D eigenvalue weighted by atomic mass is 32.2. The molecule has 1 amide bonds. The summed E-state index contributed by atoms with van der Waals surface area (Å²) in [6.07, 6.45) is 0. The van der Waals surface area contributed by atoms with Crippen molar-refractivity contribution in [2.75, 3.05) is 19.4 Å². The van der Waals surface area contributed by atoms with Gasteiger partial charge in [-0.2, -0.15) is 0 Å². The number of hydrogen-bond donors (Lipinski definition) is 1. The number of carbonyl (C=O) groups excluding carboxylic acids is 1. The molecule has 0 saturated heterocycles. The molecule has 4 aromatic rings. The smallest absolute Gasteiger partial charge is 0.255 e. The van der Waals surface area contributed by atoms with Crippen LogP contribution in [0.15, 0.2) is 71.6 Å². The highest BCUT2D eigenvalue weighted by Gasteiger charge is 2.17. The Hall–Kier alpha value is -3.07. The SMILES string of the molecule is Cc1ccc2nc(-c3ccc(NC(=O)c4ccc(S(=O)(=O)N(C)C)cc4)cc3)sc2c1. The van der Waals surface area contributed by atoms with Crippen LogP contribution in [0.3, 0.4) is 0 Å². The maximum atomic E-state index is 12.5. The lowest BCUT2D eigenvalue weighted by Gasteiger charge is -2.11. The number of hydrogen-bond acceptors (Lipinski definition) is 5. The van der Waals surface area contributed by atoms with E-state index in [1.54, 1.807) is 11.3 Å². The van der Waals surface area contributed by atoms with Crippen LogP contribution in [0.2, 0.25) is 0 Å². The van der Waals surface area contributed by atoms with Crippen LogP contribution in [-0.2, 0) is 10.0 Å². The quantitative estimate of drug-likeness (QED) is 0.474. The van der Waals surface area contributed by atoms with Crippen LogP contribution >= 0.6 is 11.3 Å². The lowest BCUT2D eigenvalue weighted by Crippen LogP contribution is -2.22. The molecule has 6 nitrogen and oxygen atoms in total. The van der Waals surface area contributed by atoms with Gasteiger partial charge in [0.1, 0.15) is 5.01 Å². The summed E-state index contributed by atoms with van der Waals surface area (Å²) in [7, 11) is -0.591. The number of anilines is 1. The molecular formula is C23H21N3O3S2. The summed E-state index contributed by atoms with van der Waals surface area (Å²) in [4.78, 5) is 17.4. The van der Waals surface area contributed by atoms with Gasteiger partial charge in [0.25, 0.3) is 5.91 Å². The topological polar surface area (TPSA) is 79.4 Å². The molecule has 0 fully saturated rings. The number of benzene rings is 3. The zero-order valence-corrected chi connectivity index (χ0v) is 18.9. The van der Waals surface area contributed by atoms with Crippen molar-refractivity contribution in [2.45, 2.75) is 11.8 Å². The number of thiazole rings is 1. The van der Waals surface area contributed by atoms with E-state index in [0.29, 0.717) is 11.3 Å². The van der Waals surface area contributed by atoms with E-state index in [-0.39, 0.29) is 10.8 Å². The largest absolute Gasteiger partial charge is 0.322 e. The molecule has 3 aromatic carbocycles. The number of rotatable bonds is 5. The Labute approximate surface area is 185 Å². The van der Waals surface area contributed by atoms with Crippen LogP contribution in [0.5, 0.6) is 0 Å². The molecule has 8 heteroatoms. The van der Waals surface area contributed by atoms with E-state index in [4.69, 9.17) is 0 Å². The van der Waals surface area contributed by atoms with Crippen molar-refractivity contribution < 1.29 is 13.2 Å². The normalized spacial score (nSPS) is 11.7. The van der Waals surface area contributed by atoms with Crippen LogP contribution in [0.4, 0.5) is 5.69 Å². The lowest BCUT2D eigenvalue weighted by molar-refractivity contribution is 0.102. The van der Waals surface area contributed by atoms with Gasteiger partial charge < -0.3 is 5.32 Å². The summed E-state index contributed by atoms with van der Waals surface area (Å²) in [6.45, 7) is 2.06. The summed E-state index contributed by atoms with van der Waals surface area (Å²) in [5.41, 5.74) is 4.19. The van der Waals surface area contributed by atoms with Crippen molar-refractivity contribution in [1.29, 1.82) is 0 Å².